The lowest BCUT2D eigenvalue weighted by molar-refractivity contribution is -0.118. The highest BCUT2D eigenvalue weighted by atomic mass is 79.9. The first-order valence-corrected chi connectivity index (χ1v) is 9.75. The highest BCUT2D eigenvalue weighted by Gasteiger charge is 2.11. The number of benzene rings is 2. The summed E-state index contributed by atoms with van der Waals surface area (Å²) in [7, 11) is 0. The van der Waals surface area contributed by atoms with Gasteiger partial charge in [0.2, 0.25) is 0 Å². The third kappa shape index (κ3) is 4.25. The third-order valence-electron chi connectivity index (χ3n) is 3.65. The second-order valence-corrected chi connectivity index (χ2v) is 7.27. The van der Waals surface area contributed by atoms with Crippen LogP contribution in [0.25, 0.3) is 11.0 Å². The van der Waals surface area contributed by atoms with Crippen LogP contribution in [-0.2, 0) is 11.3 Å². The van der Waals surface area contributed by atoms with Crippen molar-refractivity contribution in [3.8, 4) is 5.75 Å². The first-order valence-electron chi connectivity index (χ1n) is 7.97. The number of thioether (sulfide) groups is 1. The van der Waals surface area contributed by atoms with Crippen LogP contribution in [0.5, 0.6) is 5.75 Å². The summed E-state index contributed by atoms with van der Waals surface area (Å²) in [5.41, 5.74) is 4.95. The number of rotatable bonds is 6. The van der Waals surface area contributed by atoms with Crippen LogP contribution in [0.1, 0.15) is 12.5 Å². The number of fused-ring (bicyclic) bond motifs is 1. The molecule has 0 aliphatic carbocycles. The molecule has 0 spiro atoms. The number of hydrazone groups is 1. The van der Waals surface area contributed by atoms with Crippen LogP contribution in [0.4, 0.5) is 0 Å². The second-order valence-electron chi connectivity index (χ2n) is 5.41. The van der Waals surface area contributed by atoms with E-state index in [9.17, 15) is 9.90 Å². The lowest BCUT2D eigenvalue weighted by Crippen LogP contribution is -2.20. The van der Waals surface area contributed by atoms with E-state index in [1.54, 1.807) is 18.2 Å². The number of phenolic OH excluding ortho intramolecular Hbond substituents is 1. The molecule has 0 saturated carbocycles. The molecule has 3 aromatic rings. The molecule has 3 rings (SSSR count). The third-order valence-corrected chi connectivity index (χ3v) is 5.12. The van der Waals surface area contributed by atoms with E-state index < -0.39 is 0 Å². The van der Waals surface area contributed by atoms with E-state index in [1.165, 1.54) is 18.0 Å². The molecule has 2 aromatic carbocycles. The van der Waals surface area contributed by atoms with E-state index in [0.29, 0.717) is 5.56 Å². The summed E-state index contributed by atoms with van der Waals surface area (Å²) in [6.07, 6.45) is 1.41. The normalized spacial score (nSPS) is 11.3. The van der Waals surface area contributed by atoms with Gasteiger partial charge in [0.15, 0.2) is 5.16 Å². The van der Waals surface area contributed by atoms with Gasteiger partial charge in [-0.3, -0.25) is 4.79 Å². The minimum atomic E-state index is -0.240. The molecule has 1 aromatic heterocycles. The van der Waals surface area contributed by atoms with E-state index in [4.69, 9.17) is 0 Å². The number of carbonyl (C=O) groups excluding carboxylic acids is 1. The molecule has 0 aliphatic heterocycles. The molecule has 26 heavy (non-hydrogen) atoms. The van der Waals surface area contributed by atoms with Gasteiger partial charge in [0.1, 0.15) is 5.75 Å². The fraction of sp³-hybridized carbons (Fsp3) is 0.167. The van der Waals surface area contributed by atoms with Crippen LogP contribution in [-0.4, -0.2) is 32.5 Å². The summed E-state index contributed by atoms with van der Waals surface area (Å²) in [5, 5.41) is 14.4. The zero-order valence-electron chi connectivity index (χ0n) is 14.0. The number of carbonyl (C=O) groups is 1. The van der Waals surface area contributed by atoms with Crippen molar-refractivity contribution >= 4 is 50.8 Å². The number of hydrogen-bond acceptors (Lipinski definition) is 5. The Bertz CT molecular complexity index is 971. The van der Waals surface area contributed by atoms with Crippen LogP contribution < -0.4 is 5.43 Å². The number of nitrogens with one attached hydrogen (secondary N) is 1. The maximum Gasteiger partial charge on any atom is 0.250 e. The van der Waals surface area contributed by atoms with Gasteiger partial charge in [-0.1, -0.05) is 39.8 Å². The molecular formula is C18H17BrN4O2S. The molecule has 0 fully saturated rings. The first kappa shape index (κ1) is 18.5. The Morgan fingerprint density at radius 2 is 2.19 bits per heavy atom. The number of hydrogen-bond donors (Lipinski definition) is 2. The molecule has 0 bridgehead atoms. The number of phenols is 1. The lowest BCUT2D eigenvalue weighted by atomic mass is 10.2. The Morgan fingerprint density at radius 1 is 1.38 bits per heavy atom. The minimum absolute atomic E-state index is 0.0947. The largest absolute Gasteiger partial charge is 0.507 e. The lowest BCUT2D eigenvalue weighted by Gasteiger charge is -2.05. The molecule has 0 atom stereocenters. The van der Waals surface area contributed by atoms with Crippen molar-refractivity contribution < 1.29 is 9.90 Å². The zero-order chi connectivity index (χ0) is 18.5. The van der Waals surface area contributed by atoms with E-state index in [1.807, 2.05) is 31.2 Å². The summed E-state index contributed by atoms with van der Waals surface area (Å²) >= 11 is 4.69. The fourth-order valence-corrected chi connectivity index (χ4v) is 3.68. The Hall–Kier alpha value is -2.32. The molecule has 2 N–H and O–H groups in total. The van der Waals surface area contributed by atoms with Crippen molar-refractivity contribution in [2.45, 2.75) is 18.6 Å². The topological polar surface area (TPSA) is 79.5 Å². The quantitative estimate of drug-likeness (QED) is 0.353. The van der Waals surface area contributed by atoms with Gasteiger partial charge in [-0.25, -0.2) is 10.4 Å². The van der Waals surface area contributed by atoms with Gasteiger partial charge in [0.05, 0.1) is 23.0 Å². The SMILES string of the molecule is CCn1c(SCC(=O)NN=Cc2cc(Br)ccc2O)nc2ccccc21. The van der Waals surface area contributed by atoms with E-state index in [2.05, 4.69) is 36.0 Å². The highest BCUT2D eigenvalue weighted by molar-refractivity contribution is 9.10. The molecule has 134 valence electrons. The second kappa shape index (κ2) is 8.37. The Balaban J connectivity index is 1.61. The Morgan fingerprint density at radius 3 is 3.00 bits per heavy atom. The molecule has 0 saturated heterocycles. The number of imidazole rings is 1. The van der Waals surface area contributed by atoms with Gasteiger partial charge in [-0.15, -0.1) is 0 Å². The van der Waals surface area contributed by atoms with Crippen LogP contribution in [0.2, 0.25) is 0 Å². The van der Waals surface area contributed by atoms with Crippen LogP contribution in [0.3, 0.4) is 0 Å². The maximum absolute atomic E-state index is 12.0. The average molecular weight is 433 g/mol. The number of aromatic nitrogens is 2. The van der Waals surface area contributed by atoms with Crippen molar-refractivity contribution in [1.29, 1.82) is 0 Å². The van der Waals surface area contributed by atoms with Gasteiger partial charge in [0.25, 0.3) is 5.91 Å². The Kier molecular flexibility index (Phi) is 5.95. The average Bonchev–Trinajstić information content (AvgIpc) is 3.00. The highest BCUT2D eigenvalue weighted by Crippen LogP contribution is 2.24. The standard InChI is InChI=1S/C18H17BrN4O2S/c1-2-23-15-6-4-3-5-14(15)21-18(23)26-11-17(25)22-20-10-12-9-13(19)7-8-16(12)24/h3-10,24H,2,11H2,1H3,(H,22,25). The molecule has 1 amide bonds. The van der Waals surface area contributed by atoms with Crippen LogP contribution in [0.15, 0.2) is 57.2 Å². The van der Waals surface area contributed by atoms with Crippen molar-refractivity contribution in [3.63, 3.8) is 0 Å². The predicted octanol–water partition coefficient (Wildman–Crippen LogP) is 3.77. The van der Waals surface area contributed by atoms with Crippen LogP contribution >= 0.6 is 27.7 Å². The summed E-state index contributed by atoms with van der Waals surface area (Å²) in [6.45, 7) is 2.83. The summed E-state index contributed by atoms with van der Waals surface area (Å²) in [5.74, 6) is 0.0539. The fourth-order valence-electron chi connectivity index (χ4n) is 2.43. The van der Waals surface area contributed by atoms with E-state index in [-0.39, 0.29) is 17.4 Å². The summed E-state index contributed by atoms with van der Waals surface area (Å²) < 4.78 is 2.90. The zero-order valence-corrected chi connectivity index (χ0v) is 16.4. The molecule has 6 nitrogen and oxygen atoms in total. The molecule has 0 unspecified atom stereocenters. The molecule has 8 heteroatoms. The number of amides is 1. The Labute approximate surface area is 163 Å². The summed E-state index contributed by atoms with van der Waals surface area (Å²) in [6, 6.07) is 12.9. The number of nitrogens with zero attached hydrogens (tertiary/aromatic N) is 3. The number of aryl methyl sites for hydroxylation is 1. The van der Waals surface area contributed by atoms with Gasteiger partial charge in [-0.05, 0) is 37.3 Å². The number of para-hydroxylation sites is 2. The van der Waals surface area contributed by atoms with E-state index in [0.717, 1.165) is 27.2 Å². The minimum Gasteiger partial charge on any atom is -0.507 e. The number of aromatic hydroxyl groups is 1. The number of halogens is 1. The smallest absolute Gasteiger partial charge is 0.250 e. The van der Waals surface area contributed by atoms with Crippen molar-refractivity contribution in [2.24, 2.45) is 5.10 Å². The van der Waals surface area contributed by atoms with Gasteiger partial charge >= 0.3 is 0 Å². The molecular weight excluding hydrogens is 416 g/mol. The first-order chi connectivity index (χ1) is 12.6. The predicted molar refractivity (Wildman–Crippen MR) is 108 cm³/mol. The molecule has 1 heterocycles. The molecule has 0 radical (unpaired) electrons. The maximum atomic E-state index is 12.0. The van der Waals surface area contributed by atoms with Crippen molar-refractivity contribution in [1.82, 2.24) is 15.0 Å². The monoisotopic (exact) mass is 432 g/mol. The van der Waals surface area contributed by atoms with Crippen LogP contribution in [0, 0.1) is 0 Å². The van der Waals surface area contributed by atoms with Gasteiger partial charge < -0.3 is 9.67 Å². The van der Waals surface area contributed by atoms with E-state index >= 15 is 0 Å². The van der Waals surface area contributed by atoms with Gasteiger partial charge in [-0.2, -0.15) is 5.10 Å². The van der Waals surface area contributed by atoms with Gasteiger partial charge in [0, 0.05) is 16.6 Å². The summed E-state index contributed by atoms with van der Waals surface area (Å²) in [4.78, 5) is 16.6. The molecule has 0 aliphatic rings. The van der Waals surface area contributed by atoms with Crippen molar-refractivity contribution in [2.75, 3.05) is 5.75 Å². The van der Waals surface area contributed by atoms with Crippen molar-refractivity contribution in [3.05, 3.63) is 52.5 Å².